The second kappa shape index (κ2) is 6.94. The summed E-state index contributed by atoms with van der Waals surface area (Å²) in [6.45, 7) is 12.3. The highest BCUT2D eigenvalue weighted by atomic mass is 16.6. The number of amides is 1. The van der Waals surface area contributed by atoms with Crippen LogP contribution in [0.25, 0.3) is 0 Å². The van der Waals surface area contributed by atoms with E-state index in [4.69, 9.17) is 4.74 Å². The van der Waals surface area contributed by atoms with Crippen LogP contribution in [0.15, 0.2) is 11.6 Å². The Morgan fingerprint density at radius 3 is 2.68 bits per heavy atom. The molecule has 0 radical (unpaired) electrons. The van der Waals surface area contributed by atoms with E-state index >= 15 is 0 Å². The molecule has 1 rings (SSSR count). The molecule has 1 aliphatic heterocycles. The highest BCUT2D eigenvalue weighted by Gasteiger charge is 2.27. The summed E-state index contributed by atoms with van der Waals surface area (Å²) in [6, 6.07) is 0.372. The van der Waals surface area contributed by atoms with E-state index in [0.717, 1.165) is 32.5 Å². The molecule has 0 aliphatic carbocycles. The smallest absolute Gasteiger partial charge is 0.410 e. The number of carbonyl (C=O) groups is 1. The number of rotatable bonds is 3. The number of hydrogen-bond acceptors (Lipinski definition) is 3. The number of nitrogens with one attached hydrogen (secondary N) is 1. The molecule has 1 N–H and O–H groups in total. The maximum absolute atomic E-state index is 12.0. The van der Waals surface area contributed by atoms with Crippen LogP contribution in [0, 0.1) is 0 Å². The molecule has 19 heavy (non-hydrogen) atoms. The van der Waals surface area contributed by atoms with Gasteiger partial charge >= 0.3 is 6.09 Å². The lowest BCUT2D eigenvalue weighted by atomic mass is 10.1. The van der Waals surface area contributed by atoms with Crippen molar-refractivity contribution in [1.29, 1.82) is 0 Å². The van der Waals surface area contributed by atoms with Gasteiger partial charge in [-0.2, -0.15) is 0 Å². The lowest BCUT2D eigenvalue weighted by molar-refractivity contribution is 0.0189. The highest BCUT2D eigenvalue weighted by Crippen LogP contribution is 2.15. The van der Waals surface area contributed by atoms with Crippen LogP contribution >= 0.6 is 0 Å². The summed E-state index contributed by atoms with van der Waals surface area (Å²) < 4.78 is 5.42. The fourth-order valence-electron chi connectivity index (χ4n) is 2.07. The zero-order valence-corrected chi connectivity index (χ0v) is 13.0. The minimum atomic E-state index is -0.417. The van der Waals surface area contributed by atoms with Crippen molar-refractivity contribution in [2.24, 2.45) is 0 Å². The lowest BCUT2D eigenvalue weighted by Gasteiger charge is -2.34. The van der Waals surface area contributed by atoms with E-state index < -0.39 is 5.60 Å². The van der Waals surface area contributed by atoms with Crippen molar-refractivity contribution in [3.8, 4) is 0 Å². The summed E-state index contributed by atoms with van der Waals surface area (Å²) >= 11 is 0. The number of allylic oxidation sites excluding steroid dienone is 1. The Morgan fingerprint density at radius 2 is 2.11 bits per heavy atom. The maximum atomic E-state index is 12.0. The first-order valence-corrected chi connectivity index (χ1v) is 7.12. The molecule has 1 atom stereocenters. The molecule has 1 amide bonds. The van der Waals surface area contributed by atoms with Gasteiger partial charge in [-0.15, -0.1) is 0 Å². The van der Waals surface area contributed by atoms with Crippen molar-refractivity contribution in [2.45, 2.75) is 59.1 Å². The zero-order chi connectivity index (χ0) is 14.5. The quantitative estimate of drug-likeness (QED) is 0.800. The number of likely N-dealkylation sites (tertiary alicyclic amines) is 1. The van der Waals surface area contributed by atoms with Crippen molar-refractivity contribution in [2.75, 3.05) is 19.6 Å². The Labute approximate surface area is 117 Å². The third-order valence-electron chi connectivity index (χ3n) is 2.99. The summed E-state index contributed by atoms with van der Waals surface area (Å²) in [6.07, 6.45) is 4.13. The van der Waals surface area contributed by atoms with Gasteiger partial charge in [0.1, 0.15) is 5.60 Å². The van der Waals surface area contributed by atoms with Gasteiger partial charge in [-0.25, -0.2) is 4.79 Å². The Bertz CT molecular complexity index is 328. The molecule has 1 aliphatic rings. The predicted molar refractivity (Wildman–Crippen MR) is 78.3 cm³/mol. The third-order valence-corrected chi connectivity index (χ3v) is 2.99. The van der Waals surface area contributed by atoms with Crippen LogP contribution in [-0.2, 0) is 4.74 Å². The Balaban J connectivity index is 2.41. The number of ether oxygens (including phenoxy) is 1. The van der Waals surface area contributed by atoms with Crippen LogP contribution in [0.1, 0.15) is 47.5 Å². The summed E-state index contributed by atoms with van der Waals surface area (Å²) in [4.78, 5) is 13.8. The first-order valence-electron chi connectivity index (χ1n) is 7.12. The predicted octanol–water partition coefficient (Wildman–Crippen LogP) is 2.94. The Morgan fingerprint density at radius 1 is 1.42 bits per heavy atom. The average molecular weight is 268 g/mol. The SMILES string of the molecule is CC(C)=CCNC1CCCN(C(=O)OC(C)(C)C)C1. The van der Waals surface area contributed by atoms with Crippen molar-refractivity contribution < 1.29 is 9.53 Å². The maximum Gasteiger partial charge on any atom is 0.410 e. The third kappa shape index (κ3) is 6.62. The zero-order valence-electron chi connectivity index (χ0n) is 13.0. The monoisotopic (exact) mass is 268 g/mol. The normalized spacial score (nSPS) is 20.1. The average Bonchev–Trinajstić information content (AvgIpc) is 2.26. The van der Waals surface area contributed by atoms with Crippen LogP contribution in [0.5, 0.6) is 0 Å². The first kappa shape index (κ1) is 16.0. The van der Waals surface area contributed by atoms with E-state index in [-0.39, 0.29) is 6.09 Å². The van der Waals surface area contributed by atoms with Crippen LogP contribution in [-0.4, -0.2) is 42.3 Å². The minimum Gasteiger partial charge on any atom is -0.444 e. The topological polar surface area (TPSA) is 41.6 Å². The second-order valence-electron chi connectivity index (χ2n) is 6.46. The van der Waals surface area contributed by atoms with Gasteiger partial charge in [0.05, 0.1) is 0 Å². The molecule has 0 aromatic carbocycles. The molecule has 4 nitrogen and oxygen atoms in total. The van der Waals surface area contributed by atoms with Crippen LogP contribution < -0.4 is 5.32 Å². The summed E-state index contributed by atoms with van der Waals surface area (Å²) in [5.41, 5.74) is 0.895. The Hall–Kier alpha value is -1.03. The van der Waals surface area contributed by atoms with Gasteiger partial charge in [-0.1, -0.05) is 11.6 Å². The van der Waals surface area contributed by atoms with Gasteiger partial charge in [0.2, 0.25) is 0 Å². The molecule has 0 spiro atoms. The molecule has 0 aromatic rings. The fraction of sp³-hybridized carbons (Fsp3) is 0.800. The second-order valence-corrected chi connectivity index (χ2v) is 6.46. The number of hydrogen-bond donors (Lipinski definition) is 1. The molecular formula is C15H28N2O2. The number of piperidine rings is 1. The summed E-state index contributed by atoms with van der Waals surface area (Å²) in [7, 11) is 0. The van der Waals surface area contributed by atoms with Gasteiger partial charge < -0.3 is 15.0 Å². The molecule has 1 heterocycles. The van der Waals surface area contributed by atoms with Crippen LogP contribution in [0.2, 0.25) is 0 Å². The van der Waals surface area contributed by atoms with E-state index in [1.54, 1.807) is 0 Å². The van der Waals surface area contributed by atoms with E-state index in [9.17, 15) is 4.79 Å². The van der Waals surface area contributed by atoms with Crippen molar-refractivity contribution in [1.82, 2.24) is 10.2 Å². The standard InChI is InChI=1S/C15H28N2O2/c1-12(2)8-9-16-13-7-6-10-17(11-13)14(18)19-15(3,4)5/h8,13,16H,6-7,9-11H2,1-5H3. The molecule has 0 aromatic heterocycles. The Kier molecular flexibility index (Phi) is 5.85. The molecule has 110 valence electrons. The van der Waals surface area contributed by atoms with Gasteiger partial charge in [-0.05, 0) is 47.5 Å². The largest absolute Gasteiger partial charge is 0.444 e. The molecule has 1 saturated heterocycles. The van der Waals surface area contributed by atoms with Gasteiger partial charge in [0, 0.05) is 25.7 Å². The first-order chi connectivity index (χ1) is 8.78. The molecule has 4 heteroatoms. The van der Waals surface area contributed by atoms with E-state index in [1.165, 1.54) is 5.57 Å². The molecular weight excluding hydrogens is 240 g/mol. The highest BCUT2D eigenvalue weighted by molar-refractivity contribution is 5.68. The van der Waals surface area contributed by atoms with Crippen molar-refractivity contribution in [3.63, 3.8) is 0 Å². The van der Waals surface area contributed by atoms with E-state index in [1.807, 2.05) is 25.7 Å². The van der Waals surface area contributed by atoms with Gasteiger partial charge in [-0.3, -0.25) is 0 Å². The number of carbonyl (C=O) groups excluding carboxylic acids is 1. The van der Waals surface area contributed by atoms with E-state index in [2.05, 4.69) is 25.2 Å². The van der Waals surface area contributed by atoms with Crippen LogP contribution in [0.3, 0.4) is 0 Å². The van der Waals surface area contributed by atoms with E-state index in [0.29, 0.717) is 6.04 Å². The van der Waals surface area contributed by atoms with Crippen LogP contribution in [0.4, 0.5) is 4.79 Å². The van der Waals surface area contributed by atoms with Gasteiger partial charge in [0.15, 0.2) is 0 Å². The lowest BCUT2D eigenvalue weighted by Crippen LogP contribution is -2.49. The van der Waals surface area contributed by atoms with Gasteiger partial charge in [0.25, 0.3) is 0 Å². The summed E-state index contributed by atoms with van der Waals surface area (Å²) in [5.74, 6) is 0. The molecule has 1 fully saturated rings. The van der Waals surface area contributed by atoms with Crippen molar-refractivity contribution in [3.05, 3.63) is 11.6 Å². The molecule has 0 saturated carbocycles. The minimum absolute atomic E-state index is 0.193. The fourth-order valence-corrected chi connectivity index (χ4v) is 2.07. The molecule has 0 bridgehead atoms. The van der Waals surface area contributed by atoms with Crippen molar-refractivity contribution >= 4 is 6.09 Å². The molecule has 1 unspecified atom stereocenters. The summed E-state index contributed by atoms with van der Waals surface area (Å²) in [5, 5.41) is 3.47. The number of nitrogens with zero attached hydrogens (tertiary/aromatic N) is 1.